The van der Waals surface area contributed by atoms with Gasteiger partial charge in [-0.15, -0.1) is 0 Å². The van der Waals surface area contributed by atoms with Gasteiger partial charge in [-0.05, 0) is 31.0 Å². The summed E-state index contributed by atoms with van der Waals surface area (Å²) >= 11 is 3.44. The molecule has 1 aromatic heterocycles. The molecular formula is C18H20BrN3O. The highest BCUT2D eigenvalue weighted by atomic mass is 79.9. The zero-order valence-electron chi connectivity index (χ0n) is 13.6. The number of carbonyl (C=O) groups excluding carboxylic acids is 1. The first-order valence-corrected chi connectivity index (χ1v) is 8.67. The molecule has 23 heavy (non-hydrogen) atoms. The maximum atomic E-state index is 12.5. The van der Waals surface area contributed by atoms with Gasteiger partial charge in [-0.1, -0.05) is 41.9 Å². The minimum atomic E-state index is 0.133. The van der Waals surface area contributed by atoms with Crippen molar-refractivity contribution in [3.63, 3.8) is 0 Å². The fourth-order valence-corrected chi connectivity index (χ4v) is 3.06. The van der Waals surface area contributed by atoms with Gasteiger partial charge in [0.15, 0.2) is 0 Å². The monoisotopic (exact) mass is 373 g/mol. The lowest BCUT2D eigenvalue weighted by molar-refractivity contribution is -0.119. The maximum Gasteiger partial charge on any atom is 0.228 e. The van der Waals surface area contributed by atoms with Gasteiger partial charge in [0.05, 0.1) is 6.54 Å². The molecule has 0 saturated carbocycles. The Balaban J connectivity index is 2.01. The largest absolute Gasteiger partial charge is 0.292 e. The zero-order valence-corrected chi connectivity index (χ0v) is 15.2. The van der Waals surface area contributed by atoms with Crippen molar-refractivity contribution in [1.82, 2.24) is 9.97 Å². The van der Waals surface area contributed by atoms with Crippen LogP contribution in [0, 0.1) is 6.92 Å². The average Bonchev–Trinajstić information content (AvgIpc) is 2.51. The number of carbonyl (C=O) groups is 1. The minimum Gasteiger partial charge on any atom is -0.292 e. The number of benzene rings is 1. The van der Waals surface area contributed by atoms with Crippen molar-refractivity contribution in [2.75, 3.05) is 4.90 Å². The highest BCUT2D eigenvalue weighted by Crippen LogP contribution is 2.30. The summed E-state index contributed by atoms with van der Waals surface area (Å²) in [6.07, 6.45) is 1.25. The van der Waals surface area contributed by atoms with Crippen molar-refractivity contribution in [3.05, 3.63) is 51.4 Å². The average molecular weight is 374 g/mol. The fourth-order valence-electron chi connectivity index (χ4n) is 2.80. The predicted molar refractivity (Wildman–Crippen MR) is 94.5 cm³/mol. The third-order valence-electron chi connectivity index (χ3n) is 4.13. The van der Waals surface area contributed by atoms with Crippen LogP contribution < -0.4 is 4.90 Å². The molecular weight excluding hydrogens is 354 g/mol. The van der Waals surface area contributed by atoms with Crippen LogP contribution in [0.2, 0.25) is 0 Å². The number of anilines is 1. The molecule has 0 spiro atoms. The first-order chi connectivity index (χ1) is 11.0. The van der Waals surface area contributed by atoms with E-state index in [1.165, 1.54) is 0 Å². The van der Waals surface area contributed by atoms with Gasteiger partial charge in [-0.2, -0.15) is 0 Å². The van der Waals surface area contributed by atoms with E-state index in [-0.39, 0.29) is 11.8 Å². The van der Waals surface area contributed by atoms with E-state index >= 15 is 0 Å². The van der Waals surface area contributed by atoms with Crippen LogP contribution in [0.3, 0.4) is 0 Å². The summed E-state index contributed by atoms with van der Waals surface area (Å²) in [4.78, 5) is 23.6. The summed E-state index contributed by atoms with van der Waals surface area (Å²) in [5.41, 5.74) is 3.19. The van der Waals surface area contributed by atoms with Crippen LogP contribution in [0.1, 0.15) is 48.8 Å². The van der Waals surface area contributed by atoms with Crippen LogP contribution in [-0.4, -0.2) is 15.9 Å². The van der Waals surface area contributed by atoms with Gasteiger partial charge in [-0.3, -0.25) is 9.69 Å². The number of amides is 1. The minimum absolute atomic E-state index is 0.133. The SMILES string of the molecule is Cc1nc(C(C)C)nc2c1CCC(=O)N2Cc1ccc(Br)cc1. The summed E-state index contributed by atoms with van der Waals surface area (Å²) in [5, 5.41) is 0. The van der Waals surface area contributed by atoms with E-state index in [0.29, 0.717) is 13.0 Å². The Labute approximate surface area is 145 Å². The first kappa shape index (κ1) is 16.1. The lowest BCUT2D eigenvalue weighted by Crippen LogP contribution is -2.36. The van der Waals surface area contributed by atoms with E-state index in [2.05, 4.69) is 34.8 Å². The molecule has 0 radical (unpaired) electrons. The zero-order chi connectivity index (χ0) is 16.6. The molecule has 1 aliphatic heterocycles. The summed E-state index contributed by atoms with van der Waals surface area (Å²) < 4.78 is 1.03. The molecule has 3 rings (SSSR count). The Morgan fingerprint density at radius 1 is 1.17 bits per heavy atom. The van der Waals surface area contributed by atoms with Crippen molar-refractivity contribution >= 4 is 27.7 Å². The lowest BCUT2D eigenvalue weighted by Gasteiger charge is -2.29. The highest BCUT2D eigenvalue weighted by molar-refractivity contribution is 9.10. The number of hydrogen-bond donors (Lipinski definition) is 0. The predicted octanol–water partition coefficient (Wildman–Crippen LogP) is 4.15. The Bertz CT molecular complexity index is 741. The van der Waals surface area contributed by atoms with E-state index in [9.17, 15) is 4.79 Å². The number of nitrogens with zero attached hydrogens (tertiary/aromatic N) is 3. The summed E-state index contributed by atoms with van der Waals surface area (Å²) in [6.45, 7) is 6.71. The van der Waals surface area contributed by atoms with E-state index in [4.69, 9.17) is 4.98 Å². The van der Waals surface area contributed by atoms with Crippen molar-refractivity contribution < 1.29 is 4.79 Å². The van der Waals surface area contributed by atoms with Crippen LogP contribution >= 0.6 is 15.9 Å². The molecule has 5 heteroatoms. The molecule has 0 aliphatic carbocycles. The van der Waals surface area contributed by atoms with Gasteiger partial charge in [-0.25, -0.2) is 9.97 Å². The number of rotatable bonds is 3. The van der Waals surface area contributed by atoms with Crippen LogP contribution in [0.4, 0.5) is 5.82 Å². The fraction of sp³-hybridized carbons (Fsp3) is 0.389. The van der Waals surface area contributed by atoms with E-state index < -0.39 is 0 Å². The quantitative estimate of drug-likeness (QED) is 0.811. The number of hydrogen-bond acceptors (Lipinski definition) is 3. The Morgan fingerprint density at radius 2 is 1.87 bits per heavy atom. The van der Waals surface area contributed by atoms with Crippen molar-refractivity contribution in [2.45, 2.75) is 46.1 Å². The summed E-state index contributed by atoms with van der Waals surface area (Å²) in [7, 11) is 0. The molecule has 0 saturated heterocycles. The molecule has 0 N–H and O–H groups in total. The molecule has 1 amide bonds. The van der Waals surface area contributed by atoms with Crippen LogP contribution in [0.25, 0.3) is 0 Å². The second kappa shape index (κ2) is 6.40. The molecule has 120 valence electrons. The van der Waals surface area contributed by atoms with Gasteiger partial charge < -0.3 is 0 Å². The van der Waals surface area contributed by atoms with Crippen molar-refractivity contribution in [1.29, 1.82) is 0 Å². The first-order valence-electron chi connectivity index (χ1n) is 7.88. The molecule has 2 aromatic rings. The van der Waals surface area contributed by atoms with E-state index in [1.54, 1.807) is 0 Å². The van der Waals surface area contributed by atoms with Crippen LogP contribution in [0.5, 0.6) is 0 Å². The van der Waals surface area contributed by atoms with Crippen molar-refractivity contribution in [2.24, 2.45) is 0 Å². The number of aromatic nitrogens is 2. The van der Waals surface area contributed by atoms with Gasteiger partial charge in [0, 0.05) is 28.1 Å². The maximum absolute atomic E-state index is 12.5. The standard InChI is InChI=1S/C18H20BrN3O/c1-11(2)17-20-12(3)15-8-9-16(23)22(18(15)21-17)10-13-4-6-14(19)7-5-13/h4-7,11H,8-10H2,1-3H3. The normalized spacial score (nSPS) is 14.3. The van der Waals surface area contributed by atoms with Gasteiger partial charge in [0.1, 0.15) is 11.6 Å². The third kappa shape index (κ3) is 3.29. The topological polar surface area (TPSA) is 46.1 Å². The smallest absolute Gasteiger partial charge is 0.228 e. The summed E-state index contributed by atoms with van der Waals surface area (Å²) in [6, 6.07) is 8.05. The van der Waals surface area contributed by atoms with Crippen LogP contribution in [0.15, 0.2) is 28.7 Å². The van der Waals surface area contributed by atoms with Gasteiger partial charge >= 0.3 is 0 Å². The van der Waals surface area contributed by atoms with Crippen LogP contribution in [-0.2, 0) is 17.8 Å². The molecule has 0 atom stereocenters. The number of aryl methyl sites for hydroxylation is 1. The highest BCUT2D eigenvalue weighted by Gasteiger charge is 2.28. The number of halogens is 1. The number of fused-ring (bicyclic) bond motifs is 1. The molecule has 2 heterocycles. The Morgan fingerprint density at radius 3 is 2.52 bits per heavy atom. The second-order valence-electron chi connectivity index (χ2n) is 6.23. The van der Waals surface area contributed by atoms with Gasteiger partial charge in [0.2, 0.25) is 5.91 Å². The molecule has 0 bridgehead atoms. The van der Waals surface area contributed by atoms with E-state index in [0.717, 1.165) is 39.4 Å². The van der Waals surface area contributed by atoms with E-state index in [1.807, 2.05) is 36.1 Å². The second-order valence-corrected chi connectivity index (χ2v) is 7.15. The third-order valence-corrected chi connectivity index (χ3v) is 4.65. The molecule has 1 aromatic carbocycles. The summed E-state index contributed by atoms with van der Waals surface area (Å²) in [5.74, 6) is 1.97. The van der Waals surface area contributed by atoms with Crippen molar-refractivity contribution in [3.8, 4) is 0 Å². The molecule has 4 nitrogen and oxygen atoms in total. The molecule has 0 fully saturated rings. The lowest BCUT2D eigenvalue weighted by atomic mass is 10.0. The molecule has 0 unspecified atom stereocenters. The Kier molecular flexibility index (Phi) is 4.48. The Hall–Kier alpha value is -1.75. The van der Waals surface area contributed by atoms with Gasteiger partial charge in [0.25, 0.3) is 0 Å². The molecule has 1 aliphatic rings.